The number of aliphatic hydroxyl groups is 1. The maximum Gasteiger partial charge on any atom is 0.264 e. The van der Waals surface area contributed by atoms with Crippen LogP contribution < -0.4 is 0 Å². The monoisotopic (exact) mass is 975 g/mol. The first-order valence-electron chi connectivity index (χ1n) is 23.3. The molecule has 16 heteroatoms. The highest BCUT2D eigenvalue weighted by Crippen LogP contribution is 2.42. The second-order valence-corrected chi connectivity index (χ2v) is 34.6. The van der Waals surface area contributed by atoms with Crippen LogP contribution in [-0.4, -0.2) is 120 Å². The van der Waals surface area contributed by atoms with Crippen molar-refractivity contribution in [2.24, 2.45) is 5.92 Å². The number of methoxy groups -OCH3 is 2. The van der Waals surface area contributed by atoms with Gasteiger partial charge in [0.05, 0.1) is 66.2 Å². The van der Waals surface area contributed by atoms with Crippen molar-refractivity contribution in [1.82, 2.24) is 0 Å². The predicted octanol–water partition coefficient (Wildman–Crippen LogP) is 9.92. The minimum atomic E-state index is -3.79. The Morgan fingerprint density at radius 2 is 1.47 bits per heavy atom. The van der Waals surface area contributed by atoms with E-state index in [1.807, 2.05) is 19.1 Å². The van der Waals surface area contributed by atoms with E-state index in [0.717, 1.165) is 30.2 Å². The maximum atomic E-state index is 14.0. The van der Waals surface area contributed by atoms with E-state index in [2.05, 4.69) is 80.9 Å². The Bertz CT molecular complexity index is 1850. The van der Waals surface area contributed by atoms with Crippen LogP contribution in [0.3, 0.4) is 0 Å². The standard InChI is InChI=1S/C48H86O12S2Si2/c1-17-36-19-24-42(25-20-36)62(52,53)33-37-29-40(30-41(60-64(15,16)48(7,8)9)32-56-63(13,14)47(4,5)6)58-45(37)31-43(49)34(2)18-21-38(59-61(12,50)51)22-26-44-35(3)28-39(57-44)23-27-46(54-10)55-11/h19-20,24-25,37-41,43-46,49H,2-3,17-18,21-23,26-33H2,1,4-16H3/t37-,38-,39-,40-,41?,43-,44-,45-/m0/s1. The molecule has 2 fully saturated rings. The first-order chi connectivity index (χ1) is 29.4. The van der Waals surface area contributed by atoms with Gasteiger partial charge in [0.25, 0.3) is 10.1 Å². The Kier molecular flexibility index (Phi) is 21.2. The van der Waals surface area contributed by atoms with Crippen LogP contribution in [0.25, 0.3) is 0 Å². The van der Waals surface area contributed by atoms with Gasteiger partial charge in [-0.25, -0.2) is 8.42 Å². The average molecular weight is 976 g/mol. The van der Waals surface area contributed by atoms with Gasteiger partial charge in [-0.1, -0.05) is 73.8 Å². The highest BCUT2D eigenvalue weighted by molar-refractivity contribution is 7.91. The van der Waals surface area contributed by atoms with Gasteiger partial charge < -0.3 is 32.9 Å². The van der Waals surface area contributed by atoms with Crippen molar-refractivity contribution in [3.63, 3.8) is 0 Å². The van der Waals surface area contributed by atoms with E-state index in [0.29, 0.717) is 63.5 Å². The largest absolute Gasteiger partial charge is 0.414 e. The van der Waals surface area contributed by atoms with Crippen molar-refractivity contribution in [1.29, 1.82) is 0 Å². The summed E-state index contributed by atoms with van der Waals surface area (Å²) in [6, 6.07) is 7.06. The molecule has 2 aliphatic heterocycles. The summed E-state index contributed by atoms with van der Waals surface area (Å²) in [6.45, 7) is 33.1. The fraction of sp³-hybridized carbons (Fsp3) is 0.792. The molecule has 1 unspecified atom stereocenters. The highest BCUT2D eigenvalue weighted by Gasteiger charge is 2.45. The Morgan fingerprint density at radius 1 is 0.859 bits per heavy atom. The van der Waals surface area contributed by atoms with Crippen molar-refractivity contribution >= 4 is 36.6 Å². The quantitative estimate of drug-likeness (QED) is 0.0387. The van der Waals surface area contributed by atoms with Gasteiger partial charge in [0.1, 0.15) is 0 Å². The van der Waals surface area contributed by atoms with Crippen LogP contribution in [0.4, 0.5) is 0 Å². The van der Waals surface area contributed by atoms with Gasteiger partial charge in [-0.15, -0.1) is 0 Å². The minimum Gasteiger partial charge on any atom is -0.414 e. The zero-order valence-corrected chi connectivity index (χ0v) is 45.5. The van der Waals surface area contributed by atoms with E-state index in [9.17, 15) is 21.9 Å². The van der Waals surface area contributed by atoms with Crippen molar-refractivity contribution in [3.8, 4) is 0 Å². The number of hydrogen-bond acceptors (Lipinski definition) is 12. The van der Waals surface area contributed by atoms with E-state index in [-0.39, 0.29) is 57.9 Å². The van der Waals surface area contributed by atoms with Gasteiger partial charge in [0.15, 0.2) is 32.8 Å². The number of rotatable bonds is 27. The first-order valence-corrected chi connectivity index (χ1v) is 32.6. The Hall–Kier alpha value is -1.29. The molecule has 1 aromatic carbocycles. The molecule has 0 aromatic heterocycles. The summed E-state index contributed by atoms with van der Waals surface area (Å²) in [7, 11) is -8.65. The molecule has 2 saturated heterocycles. The van der Waals surface area contributed by atoms with Crippen molar-refractivity contribution in [2.75, 3.05) is 32.8 Å². The van der Waals surface area contributed by atoms with Gasteiger partial charge in [-0.2, -0.15) is 8.42 Å². The lowest BCUT2D eigenvalue weighted by molar-refractivity contribution is -0.112. The van der Waals surface area contributed by atoms with Gasteiger partial charge in [0, 0.05) is 39.4 Å². The molecule has 0 saturated carbocycles. The average Bonchev–Trinajstić information content (AvgIpc) is 3.73. The molecule has 64 heavy (non-hydrogen) atoms. The van der Waals surface area contributed by atoms with Crippen LogP contribution in [0.15, 0.2) is 53.5 Å². The summed E-state index contributed by atoms with van der Waals surface area (Å²) in [5, 5.41) is 11.7. The van der Waals surface area contributed by atoms with Crippen molar-refractivity contribution in [2.45, 2.75) is 209 Å². The topological polar surface area (TPSA) is 153 Å². The lowest BCUT2D eigenvalue weighted by Gasteiger charge is -2.42. The zero-order chi connectivity index (χ0) is 48.5. The normalized spacial score (nSPS) is 23.2. The van der Waals surface area contributed by atoms with Gasteiger partial charge in [-0.3, -0.25) is 4.18 Å². The van der Waals surface area contributed by atoms with Gasteiger partial charge in [-0.05, 0) is 116 Å². The first kappa shape index (κ1) is 57.0. The molecule has 2 heterocycles. The van der Waals surface area contributed by atoms with Crippen LogP contribution in [-0.2, 0) is 58.4 Å². The Morgan fingerprint density at radius 3 is 2.02 bits per heavy atom. The number of benzene rings is 1. The third kappa shape index (κ3) is 17.7. The van der Waals surface area contributed by atoms with Crippen LogP contribution in [0, 0.1) is 5.92 Å². The van der Waals surface area contributed by atoms with Crippen LogP contribution in [0.2, 0.25) is 36.3 Å². The molecule has 0 aliphatic carbocycles. The third-order valence-electron chi connectivity index (χ3n) is 14.1. The second-order valence-electron chi connectivity index (χ2n) is 21.4. The fourth-order valence-corrected chi connectivity index (χ4v) is 12.7. The smallest absolute Gasteiger partial charge is 0.264 e. The summed E-state index contributed by atoms with van der Waals surface area (Å²) in [6.07, 6.45) is 3.18. The Balaban J connectivity index is 1.79. The number of aryl methyl sites for hydroxylation is 1. The lowest BCUT2D eigenvalue weighted by Crippen LogP contribution is -2.48. The molecule has 12 nitrogen and oxygen atoms in total. The molecule has 3 rings (SSSR count). The molecular formula is C48H86O12S2Si2. The molecule has 1 N–H and O–H groups in total. The lowest BCUT2D eigenvalue weighted by atomic mass is 9.92. The molecule has 0 spiro atoms. The molecule has 370 valence electrons. The third-order valence-corrected chi connectivity index (χ3v) is 25.7. The predicted molar refractivity (Wildman–Crippen MR) is 262 cm³/mol. The van der Waals surface area contributed by atoms with E-state index < -0.39 is 60.8 Å². The van der Waals surface area contributed by atoms with Gasteiger partial charge >= 0.3 is 0 Å². The molecule has 8 atom stereocenters. The fourth-order valence-electron chi connectivity index (χ4n) is 7.97. The maximum absolute atomic E-state index is 14.0. The highest BCUT2D eigenvalue weighted by atomic mass is 32.2. The molecule has 0 bridgehead atoms. The summed E-state index contributed by atoms with van der Waals surface area (Å²) in [5.74, 6) is -0.538. The molecule has 0 radical (unpaired) electrons. The van der Waals surface area contributed by atoms with Crippen molar-refractivity contribution < 1.29 is 53.9 Å². The second kappa shape index (κ2) is 23.8. The van der Waals surface area contributed by atoms with E-state index in [4.69, 9.17) is 32.0 Å². The van der Waals surface area contributed by atoms with E-state index >= 15 is 0 Å². The van der Waals surface area contributed by atoms with Crippen LogP contribution >= 0.6 is 0 Å². The van der Waals surface area contributed by atoms with Crippen LogP contribution in [0.5, 0.6) is 0 Å². The molecule has 2 aliphatic rings. The van der Waals surface area contributed by atoms with E-state index in [1.165, 1.54) is 0 Å². The molecule has 0 amide bonds. The summed E-state index contributed by atoms with van der Waals surface area (Å²) in [4.78, 5) is 0.267. The number of hydrogen-bond donors (Lipinski definition) is 1. The zero-order valence-electron chi connectivity index (χ0n) is 41.9. The SMILES string of the molecule is C=C1C[C@H](CCC(OC)OC)O[C@H]1CC[C@H](CCC(=C)[C@@H](O)C[C@@H]1O[C@H](CC(CO[Si](C)(C)C(C)(C)C)O[Si](C)(C)C(C)(C)C)C[C@H]1CS(=O)(=O)c1ccc(CC)cc1)OS(C)(=O)=O. The molecular weight excluding hydrogens is 889 g/mol. The minimum absolute atomic E-state index is 0.0100. The van der Waals surface area contributed by atoms with E-state index in [1.54, 1.807) is 26.4 Å². The van der Waals surface area contributed by atoms with Crippen LogP contribution in [0.1, 0.15) is 118 Å². The number of sulfone groups is 1. The number of aliphatic hydroxyl groups excluding tert-OH is 1. The molecule has 1 aromatic rings. The van der Waals surface area contributed by atoms with Crippen molar-refractivity contribution in [3.05, 3.63) is 54.1 Å². The van der Waals surface area contributed by atoms with Gasteiger partial charge in [0.2, 0.25) is 0 Å². The summed E-state index contributed by atoms with van der Waals surface area (Å²) in [5.41, 5.74) is 2.51. The summed E-state index contributed by atoms with van der Waals surface area (Å²) < 4.78 is 95.8. The Labute approximate surface area is 390 Å². The number of ether oxygens (including phenoxy) is 4. The summed E-state index contributed by atoms with van der Waals surface area (Å²) >= 11 is 0.